The van der Waals surface area contributed by atoms with Crippen LogP contribution in [0.5, 0.6) is 0 Å². The summed E-state index contributed by atoms with van der Waals surface area (Å²) in [5, 5.41) is 11.9. The molecule has 2 rings (SSSR count). The number of benzene rings is 1. The van der Waals surface area contributed by atoms with Gasteiger partial charge < -0.3 is 5.84 Å². The molecule has 0 bridgehead atoms. The minimum Gasteiger partial charge on any atom is -0.333 e. The van der Waals surface area contributed by atoms with Gasteiger partial charge in [0.15, 0.2) is 0 Å². The summed E-state index contributed by atoms with van der Waals surface area (Å²) < 4.78 is 1.89. The molecule has 1 aromatic heterocycles. The number of nitrogen functional groups attached to an aromatic ring is 1. The minimum absolute atomic E-state index is 0.0753. The molecule has 22 heavy (non-hydrogen) atoms. The standard InChI is InChI=1S/C14H17BrN6O/c1-14(2,3)11-12(22)21(16)13(20-18-11)19-17-8-9-4-6-10(15)7-5-9/h4-8H,16H2,1-3H3,(H,19,20)/b17-8+. The Kier molecular flexibility index (Phi) is 4.60. The quantitative estimate of drug-likeness (QED) is 0.492. The summed E-state index contributed by atoms with van der Waals surface area (Å²) in [6.45, 7) is 5.62. The van der Waals surface area contributed by atoms with Crippen LogP contribution >= 0.6 is 15.9 Å². The zero-order valence-electron chi connectivity index (χ0n) is 12.5. The Morgan fingerprint density at radius 3 is 2.50 bits per heavy atom. The predicted octanol–water partition coefficient (Wildman–Crippen LogP) is 1.86. The Labute approximate surface area is 136 Å². The second-order valence-corrected chi connectivity index (χ2v) is 6.63. The van der Waals surface area contributed by atoms with Crippen LogP contribution in [0.3, 0.4) is 0 Å². The number of nitrogens with zero attached hydrogens (tertiary/aromatic N) is 4. The van der Waals surface area contributed by atoms with Crippen molar-refractivity contribution >= 4 is 28.1 Å². The van der Waals surface area contributed by atoms with Crippen molar-refractivity contribution in [1.29, 1.82) is 0 Å². The van der Waals surface area contributed by atoms with Crippen molar-refractivity contribution in [3.05, 3.63) is 50.3 Å². The maximum absolute atomic E-state index is 12.1. The van der Waals surface area contributed by atoms with Crippen molar-refractivity contribution in [2.24, 2.45) is 5.10 Å². The summed E-state index contributed by atoms with van der Waals surface area (Å²) in [6.07, 6.45) is 1.59. The number of hydrogen-bond donors (Lipinski definition) is 2. The molecule has 0 saturated carbocycles. The normalized spacial score (nSPS) is 11.8. The third-order valence-electron chi connectivity index (χ3n) is 2.85. The summed E-state index contributed by atoms with van der Waals surface area (Å²) >= 11 is 3.36. The van der Waals surface area contributed by atoms with Crippen molar-refractivity contribution in [3.63, 3.8) is 0 Å². The lowest BCUT2D eigenvalue weighted by molar-refractivity contribution is 0.538. The smallest absolute Gasteiger partial charge is 0.295 e. The van der Waals surface area contributed by atoms with E-state index in [0.29, 0.717) is 5.69 Å². The lowest BCUT2D eigenvalue weighted by Crippen LogP contribution is -2.38. The SMILES string of the molecule is CC(C)(C)c1nnc(N/N=C/c2ccc(Br)cc2)n(N)c1=O. The van der Waals surface area contributed by atoms with Crippen LogP contribution in [-0.4, -0.2) is 21.1 Å². The van der Waals surface area contributed by atoms with Crippen LogP contribution in [0.1, 0.15) is 32.0 Å². The van der Waals surface area contributed by atoms with E-state index in [9.17, 15) is 4.79 Å². The molecule has 8 heteroatoms. The van der Waals surface area contributed by atoms with Crippen molar-refractivity contribution in [1.82, 2.24) is 14.9 Å². The molecule has 1 aromatic carbocycles. The van der Waals surface area contributed by atoms with Crippen LogP contribution in [0, 0.1) is 0 Å². The summed E-state index contributed by atoms with van der Waals surface area (Å²) in [7, 11) is 0. The molecule has 2 aromatic rings. The minimum atomic E-state index is -0.426. The third kappa shape index (κ3) is 3.70. The van der Waals surface area contributed by atoms with Crippen LogP contribution in [0.15, 0.2) is 38.6 Å². The Hall–Kier alpha value is -2.22. The molecular weight excluding hydrogens is 348 g/mol. The van der Waals surface area contributed by atoms with E-state index in [-0.39, 0.29) is 5.95 Å². The van der Waals surface area contributed by atoms with Gasteiger partial charge in [0.2, 0.25) is 0 Å². The molecule has 116 valence electrons. The first-order valence-corrected chi connectivity index (χ1v) is 7.38. The fourth-order valence-corrected chi connectivity index (χ4v) is 1.92. The van der Waals surface area contributed by atoms with E-state index in [1.165, 1.54) is 0 Å². The van der Waals surface area contributed by atoms with Gasteiger partial charge in [-0.15, -0.1) is 10.2 Å². The molecule has 0 amide bonds. The Morgan fingerprint density at radius 1 is 1.27 bits per heavy atom. The number of aromatic nitrogens is 3. The maximum Gasteiger partial charge on any atom is 0.295 e. The topological polar surface area (TPSA) is 98.2 Å². The lowest BCUT2D eigenvalue weighted by Gasteiger charge is -2.16. The van der Waals surface area contributed by atoms with E-state index in [2.05, 4.69) is 36.7 Å². The van der Waals surface area contributed by atoms with E-state index in [1.807, 2.05) is 45.0 Å². The molecule has 7 nitrogen and oxygen atoms in total. The number of rotatable bonds is 3. The average molecular weight is 365 g/mol. The van der Waals surface area contributed by atoms with E-state index in [1.54, 1.807) is 6.21 Å². The number of hydrogen-bond acceptors (Lipinski definition) is 6. The zero-order chi connectivity index (χ0) is 16.3. The number of nitrogens with two attached hydrogens (primary N) is 1. The van der Waals surface area contributed by atoms with E-state index in [4.69, 9.17) is 5.84 Å². The van der Waals surface area contributed by atoms with Gasteiger partial charge in [0, 0.05) is 9.89 Å². The summed E-state index contributed by atoms with van der Waals surface area (Å²) in [6, 6.07) is 7.58. The summed E-state index contributed by atoms with van der Waals surface area (Å²) in [4.78, 5) is 12.1. The highest BCUT2D eigenvalue weighted by Gasteiger charge is 2.22. The van der Waals surface area contributed by atoms with E-state index >= 15 is 0 Å². The van der Waals surface area contributed by atoms with Crippen LogP contribution in [0.4, 0.5) is 5.95 Å². The molecule has 0 spiro atoms. The van der Waals surface area contributed by atoms with Gasteiger partial charge in [-0.3, -0.25) is 4.79 Å². The van der Waals surface area contributed by atoms with Gasteiger partial charge in [0.05, 0.1) is 6.21 Å². The highest BCUT2D eigenvalue weighted by atomic mass is 79.9. The second-order valence-electron chi connectivity index (χ2n) is 5.72. The molecule has 0 radical (unpaired) electrons. The molecule has 0 saturated heterocycles. The molecule has 0 aliphatic rings. The van der Waals surface area contributed by atoms with Crippen molar-refractivity contribution in [2.45, 2.75) is 26.2 Å². The fourth-order valence-electron chi connectivity index (χ4n) is 1.66. The van der Waals surface area contributed by atoms with Gasteiger partial charge in [-0.1, -0.05) is 48.8 Å². The highest BCUT2D eigenvalue weighted by molar-refractivity contribution is 9.10. The largest absolute Gasteiger partial charge is 0.333 e. The van der Waals surface area contributed by atoms with Gasteiger partial charge in [0.25, 0.3) is 11.5 Å². The van der Waals surface area contributed by atoms with Crippen LogP contribution in [-0.2, 0) is 5.41 Å². The summed E-state index contributed by atoms with van der Waals surface area (Å²) in [5.74, 6) is 5.81. The van der Waals surface area contributed by atoms with Gasteiger partial charge >= 0.3 is 0 Å². The fraction of sp³-hybridized carbons (Fsp3) is 0.286. The van der Waals surface area contributed by atoms with Crippen molar-refractivity contribution in [2.75, 3.05) is 11.3 Å². The number of anilines is 1. The molecule has 0 aliphatic heterocycles. The highest BCUT2D eigenvalue weighted by Crippen LogP contribution is 2.15. The molecule has 1 heterocycles. The maximum atomic E-state index is 12.1. The zero-order valence-corrected chi connectivity index (χ0v) is 14.1. The van der Waals surface area contributed by atoms with Crippen LogP contribution in [0.2, 0.25) is 0 Å². The first kappa shape index (κ1) is 16.2. The molecule has 0 atom stereocenters. The van der Waals surface area contributed by atoms with Crippen LogP contribution < -0.4 is 16.8 Å². The van der Waals surface area contributed by atoms with E-state index < -0.39 is 11.0 Å². The van der Waals surface area contributed by atoms with Gasteiger partial charge in [-0.25, -0.2) is 5.43 Å². The summed E-state index contributed by atoms with van der Waals surface area (Å²) in [5.41, 5.74) is 2.99. The van der Waals surface area contributed by atoms with E-state index in [0.717, 1.165) is 14.7 Å². The van der Waals surface area contributed by atoms with Gasteiger partial charge in [-0.2, -0.15) is 9.78 Å². The Morgan fingerprint density at radius 2 is 1.91 bits per heavy atom. The lowest BCUT2D eigenvalue weighted by atomic mass is 9.93. The van der Waals surface area contributed by atoms with Crippen molar-refractivity contribution in [3.8, 4) is 0 Å². The van der Waals surface area contributed by atoms with Crippen LogP contribution in [0.25, 0.3) is 0 Å². The van der Waals surface area contributed by atoms with Crippen molar-refractivity contribution < 1.29 is 0 Å². The molecule has 3 N–H and O–H groups in total. The predicted molar refractivity (Wildman–Crippen MR) is 90.5 cm³/mol. The molecule has 0 unspecified atom stereocenters. The molecular formula is C14H17BrN6O. The number of halogens is 1. The van der Waals surface area contributed by atoms with Gasteiger partial charge in [-0.05, 0) is 17.7 Å². The second kappa shape index (κ2) is 6.27. The Balaban J connectivity index is 2.19. The Bertz CT molecular complexity index is 745. The average Bonchev–Trinajstić information content (AvgIpc) is 2.44. The molecule has 0 fully saturated rings. The number of nitrogens with one attached hydrogen (secondary N) is 1. The monoisotopic (exact) mass is 364 g/mol. The first-order chi connectivity index (χ1) is 10.3. The molecule has 0 aliphatic carbocycles. The third-order valence-corrected chi connectivity index (χ3v) is 3.38. The first-order valence-electron chi connectivity index (χ1n) is 6.59. The van der Waals surface area contributed by atoms with Gasteiger partial charge in [0.1, 0.15) is 5.69 Å². The number of hydrazone groups is 1.